The van der Waals surface area contributed by atoms with Gasteiger partial charge in [-0.1, -0.05) is 431 Å². The lowest BCUT2D eigenvalue weighted by Gasteiger charge is -2.46. The summed E-state index contributed by atoms with van der Waals surface area (Å²) < 4.78 is 47.2. The predicted molar refractivity (Wildman–Crippen MR) is 422 cm³/mol. The molecule has 0 aliphatic carbocycles. The molecule has 0 radical (unpaired) electrons. The number of esters is 2. The summed E-state index contributed by atoms with van der Waals surface area (Å²) in [4.78, 5) is 27.5. The van der Waals surface area contributed by atoms with Gasteiger partial charge in [0, 0.05) is 12.8 Å². The van der Waals surface area contributed by atoms with E-state index in [1.165, 1.54) is 270 Å². The van der Waals surface area contributed by atoms with Crippen LogP contribution in [0.4, 0.5) is 0 Å². The second-order valence-corrected chi connectivity index (χ2v) is 30.1. The van der Waals surface area contributed by atoms with Crippen LogP contribution in [0.15, 0.2) is 121 Å². The minimum atomic E-state index is -0.665. The monoisotopic (exact) mass is 1400 g/mol. The SMILES string of the molecule is CCCCCCCCCCCCCCCCCCCCCCCCCCC(=O)OC[C@H](CC[C@@H]1O[C@H](COCc2ccccc2)[C@H](OCc2ccccc2)[C@H](OCc2ccccc2)[C@H]1OCc1ccccc1)OC(=O)CCCCCCCCCCCCCCCCCCCCCCCCCC. The topological polar surface area (TPSA) is 98.8 Å². The first-order chi connectivity index (χ1) is 50.0. The van der Waals surface area contributed by atoms with Gasteiger partial charge in [0.25, 0.3) is 0 Å². The van der Waals surface area contributed by atoms with Crippen LogP contribution in [0.5, 0.6) is 0 Å². The minimum absolute atomic E-state index is 0.00790. The van der Waals surface area contributed by atoms with Gasteiger partial charge in [-0.3, -0.25) is 9.59 Å². The van der Waals surface area contributed by atoms with Crippen LogP contribution in [0.2, 0.25) is 0 Å². The third kappa shape index (κ3) is 46.2. The third-order valence-corrected chi connectivity index (χ3v) is 20.9. The average Bonchev–Trinajstić information content (AvgIpc) is 0.789. The van der Waals surface area contributed by atoms with Crippen LogP contribution in [0.25, 0.3) is 0 Å². The van der Waals surface area contributed by atoms with E-state index in [2.05, 4.69) is 62.4 Å². The molecule has 4 aromatic rings. The number of rotatable bonds is 69. The fraction of sp³-hybridized carbons (Fsp3) is 0.717. The van der Waals surface area contributed by atoms with Gasteiger partial charge in [-0.25, -0.2) is 0 Å². The molecule has 4 aromatic carbocycles. The summed E-state index contributed by atoms with van der Waals surface area (Å²) >= 11 is 0. The Labute approximate surface area is 619 Å². The Morgan fingerprint density at radius 1 is 0.317 bits per heavy atom. The van der Waals surface area contributed by atoms with Crippen LogP contribution < -0.4 is 0 Å². The molecule has 1 aliphatic heterocycles. The van der Waals surface area contributed by atoms with Gasteiger partial charge in [-0.2, -0.15) is 0 Å². The standard InChI is InChI=1S/C92H148O9/c1-3-5-7-9-11-13-15-17-19-21-23-25-27-29-31-33-35-37-39-41-43-45-47-61-71-88(93)96-79-85(100-89(94)72-62-48-46-44-42-40-38-36-34-32-30-28-26-24-22-20-18-16-14-12-10-8-6-4-2)73-74-86-90(97-76-82-65-55-50-56-66-82)92(99-78-84-69-59-52-60-70-84)91(98-77-83-67-57-51-58-68-83)87(101-86)80-95-75-81-63-53-49-54-64-81/h49-60,63-70,85-87,90-92H,3-48,61-62,71-80H2,1-2H3/t85-,86-,87+,90-,91-,92+/m0/s1. The summed E-state index contributed by atoms with van der Waals surface area (Å²) in [6, 6.07) is 40.8. The van der Waals surface area contributed by atoms with Crippen molar-refractivity contribution in [3.63, 3.8) is 0 Å². The Hall–Kier alpha value is -4.38. The quantitative estimate of drug-likeness (QED) is 0.0316. The van der Waals surface area contributed by atoms with Crippen LogP contribution >= 0.6 is 0 Å². The van der Waals surface area contributed by atoms with Crippen LogP contribution in [-0.4, -0.2) is 61.8 Å². The van der Waals surface area contributed by atoms with Gasteiger partial charge < -0.3 is 33.2 Å². The zero-order valence-corrected chi connectivity index (χ0v) is 64.7. The molecule has 0 amide bonds. The normalized spacial score (nSPS) is 16.4. The Morgan fingerprint density at radius 3 is 0.901 bits per heavy atom. The van der Waals surface area contributed by atoms with Crippen molar-refractivity contribution in [2.75, 3.05) is 13.2 Å². The van der Waals surface area contributed by atoms with E-state index in [0.29, 0.717) is 52.1 Å². The molecule has 1 fully saturated rings. The molecule has 101 heavy (non-hydrogen) atoms. The summed E-state index contributed by atoms with van der Waals surface area (Å²) in [7, 11) is 0. The fourth-order valence-electron chi connectivity index (χ4n) is 14.6. The van der Waals surface area contributed by atoms with Gasteiger partial charge >= 0.3 is 11.9 Å². The number of ether oxygens (including phenoxy) is 7. The summed E-state index contributed by atoms with van der Waals surface area (Å²) in [5.41, 5.74) is 4.16. The lowest BCUT2D eigenvalue weighted by atomic mass is 9.91. The number of hydrogen-bond donors (Lipinski definition) is 0. The van der Waals surface area contributed by atoms with Gasteiger partial charge in [0.05, 0.1) is 39.1 Å². The molecule has 1 saturated heterocycles. The van der Waals surface area contributed by atoms with Crippen molar-refractivity contribution in [3.8, 4) is 0 Å². The maximum absolute atomic E-state index is 13.9. The molecule has 1 heterocycles. The Morgan fingerprint density at radius 2 is 0.584 bits per heavy atom. The zero-order valence-electron chi connectivity index (χ0n) is 64.7. The second-order valence-electron chi connectivity index (χ2n) is 30.1. The van der Waals surface area contributed by atoms with Crippen molar-refractivity contribution in [2.24, 2.45) is 0 Å². The molecule has 0 spiro atoms. The van der Waals surface area contributed by atoms with Crippen molar-refractivity contribution >= 4 is 11.9 Å². The number of carbonyl (C=O) groups is 2. The maximum Gasteiger partial charge on any atom is 0.306 e. The fourth-order valence-corrected chi connectivity index (χ4v) is 14.6. The van der Waals surface area contributed by atoms with Crippen molar-refractivity contribution in [1.29, 1.82) is 0 Å². The van der Waals surface area contributed by atoms with Gasteiger partial charge in [0.15, 0.2) is 0 Å². The molecule has 9 heteroatoms. The number of hydrogen-bond acceptors (Lipinski definition) is 9. The van der Waals surface area contributed by atoms with E-state index in [1.807, 2.05) is 72.8 Å². The molecule has 0 aromatic heterocycles. The largest absolute Gasteiger partial charge is 0.462 e. The second kappa shape index (κ2) is 62.9. The Bertz CT molecular complexity index is 2440. The van der Waals surface area contributed by atoms with E-state index in [9.17, 15) is 9.59 Å². The smallest absolute Gasteiger partial charge is 0.306 e. The molecular formula is C92H148O9. The highest BCUT2D eigenvalue weighted by atomic mass is 16.6. The Balaban J connectivity index is 1.09. The van der Waals surface area contributed by atoms with Crippen LogP contribution in [0.3, 0.4) is 0 Å². The number of unbranched alkanes of at least 4 members (excludes halogenated alkanes) is 46. The highest BCUT2D eigenvalue weighted by Gasteiger charge is 2.48. The van der Waals surface area contributed by atoms with Crippen molar-refractivity contribution in [3.05, 3.63) is 144 Å². The summed E-state index contributed by atoms with van der Waals surface area (Å²) in [5.74, 6) is -0.488. The van der Waals surface area contributed by atoms with Gasteiger partial charge in [0.1, 0.15) is 37.1 Å². The van der Waals surface area contributed by atoms with E-state index in [1.54, 1.807) is 0 Å². The number of carbonyl (C=O) groups excluding carboxylic acids is 2. The van der Waals surface area contributed by atoms with Crippen LogP contribution in [0.1, 0.15) is 370 Å². The first-order valence-electron chi connectivity index (χ1n) is 42.6. The number of benzene rings is 4. The molecular weight excluding hydrogens is 1250 g/mol. The van der Waals surface area contributed by atoms with Gasteiger partial charge in [-0.15, -0.1) is 0 Å². The molecule has 0 bridgehead atoms. The summed E-state index contributed by atoms with van der Waals surface area (Å²) in [5, 5.41) is 0. The molecule has 6 atom stereocenters. The van der Waals surface area contributed by atoms with E-state index in [0.717, 1.165) is 60.8 Å². The van der Waals surface area contributed by atoms with Crippen molar-refractivity contribution in [1.82, 2.24) is 0 Å². The minimum Gasteiger partial charge on any atom is -0.462 e. The van der Waals surface area contributed by atoms with Gasteiger partial charge in [0.2, 0.25) is 0 Å². The highest BCUT2D eigenvalue weighted by Crippen LogP contribution is 2.34. The van der Waals surface area contributed by atoms with E-state index < -0.39 is 36.6 Å². The maximum atomic E-state index is 13.9. The van der Waals surface area contributed by atoms with Gasteiger partial charge in [-0.05, 0) is 47.9 Å². The van der Waals surface area contributed by atoms with Crippen LogP contribution in [-0.2, 0) is 69.2 Å². The van der Waals surface area contributed by atoms with E-state index >= 15 is 0 Å². The Kier molecular flexibility index (Phi) is 54.4. The lowest BCUT2D eigenvalue weighted by molar-refractivity contribution is -0.274. The molecule has 0 unspecified atom stereocenters. The highest BCUT2D eigenvalue weighted by molar-refractivity contribution is 5.70. The molecule has 570 valence electrons. The first kappa shape index (κ1) is 87.3. The van der Waals surface area contributed by atoms with Crippen molar-refractivity contribution in [2.45, 2.75) is 411 Å². The molecule has 1 aliphatic rings. The summed E-state index contributed by atoms with van der Waals surface area (Å²) in [6.45, 7) is 6.24. The average molecular weight is 1400 g/mol. The molecule has 0 saturated carbocycles. The zero-order chi connectivity index (χ0) is 71.0. The molecule has 9 nitrogen and oxygen atoms in total. The lowest BCUT2D eigenvalue weighted by Crippen LogP contribution is -2.61. The predicted octanol–water partition coefficient (Wildman–Crippen LogP) is 26.5. The summed E-state index contributed by atoms with van der Waals surface area (Å²) in [6.07, 6.45) is 62.1. The molecule has 0 N–H and O–H groups in total. The van der Waals surface area contributed by atoms with Crippen molar-refractivity contribution < 1.29 is 42.7 Å². The molecule has 5 rings (SSSR count). The first-order valence-corrected chi connectivity index (χ1v) is 42.6. The third-order valence-electron chi connectivity index (χ3n) is 20.9. The van der Waals surface area contributed by atoms with Crippen LogP contribution in [0, 0.1) is 0 Å². The van der Waals surface area contributed by atoms with E-state index in [4.69, 9.17) is 33.2 Å². The van der Waals surface area contributed by atoms with E-state index in [-0.39, 0.29) is 25.2 Å².